The van der Waals surface area contributed by atoms with E-state index in [0.29, 0.717) is 10.8 Å². The number of allylic oxidation sites excluding steroid dienone is 2. The molecular formula is C29H37N3. The Morgan fingerprint density at radius 3 is 1.75 bits per heavy atom. The van der Waals surface area contributed by atoms with E-state index in [1.807, 2.05) is 0 Å². The van der Waals surface area contributed by atoms with E-state index in [1.54, 1.807) is 0 Å². The number of aromatic nitrogens is 1. The number of H-pyrrole nitrogens is 1. The lowest BCUT2D eigenvalue weighted by Gasteiger charge is -2.56. The van der Waals surface area contributed by atoms with Crippen LogP contribution in [0.1, 0.15) is 88.4 Å². The van der Waals surface area contributed by atoms with Gasteiger partial charge in [-0.2, -0.15) is 0 Å². The van der Waals surface area contributed by atoms with Crippen LogP contribution in [-0.4, -0.2) is 10.7 Å². The van der Waals surface area contributed by atoms with Gasteiger partial charge in [-0.1, -0.05) is 0 Å². The molecule has 1 aromatic heterocycles. The van der Waals surface area contributed by atoms with E-state index in [9.17, 15) is 0 Å². The van der Waals surface area contributed by atoms with Crippen LogP contribution in [0, 0.1) is 40.9 Å². The maximum Gasteiger partial charge on any atom is 0.0884 e. The van der Waals surface area contributed by atoms with Crippen molar-refractivity contribution >= 4 is 11.4 Å². The van der Waals surface area contributed by atoms with Crippen LogP contribution in [-0.2, 0) is 5.41 Å². The Morgan fingerprint density at radius 2 is 1.22 bits per heavy atom. The van der Waals surface area contributed by atoms with E-state index < -0.39 is 0 Å². The summed E-state index contributed by atoms with van der Waals surface area (Å²) in [5, 5.41) is 0. The molecule has 3 nitrogen and oxygen atoms in total. The number of nitrogens with zero attached hydrogens (tertiary/aromatic N) is 1. The third-order valence-electron chi connectivity index (χ3n) is 11.1. The van der Waals surface area contributed by atoms with Gasteiger partial charge in [0.05, 0.1) is 17.1 Å². The number of aliphatic imine (C=N–C) groups is 1. The van der Waals surface area contributed by atoms with Crippen LogP contribution in [0.4, 0.5) is 0 Å². The SMILES string of the molecule is N/C(=C1\C=CC(C23CC4CC(CC(C4)C2)C3)=N1)c1ccc(C23CC4CC(CC(C4)C2)C3)[nH]1. The Labute approximate surface area is 192 Å². The van der Waals surface area contributed by atoms with Gasteiger partial charge in [0.25, 0.3) is 0 Å². The number of aromatic amines is 1. The molecule has 1 aliphatic heterocycles. The molecule has 0 atom stereocenters. The van der Waals surface area contributed by atoms with Crippen LogP contribution in [0.15, 0.2) is 35.0 Å². The quantitative estimate of drug-likeness (QED) is 0.581. The molecule has 2 heterocycles. The Hall–Kier alpha value is -1.77. The molecule has 3 N–H and O–H groups in total. The zero-order valence-electron chi connectivity index (χ0n) is 19.3. The molecule has 0 radical (unpaired) electrons. The maximum atomic E-state index is 6.75. The largest absolute Gasteiger partial charge is 0.395 e. The van der Waals surface area contributed by atoms with E-state index in [1.165, 1.54) is 88.5 Å². The van der Waals surface area contributed by atoms with Gasteiger partial charge in [-0.3, -0.25) is 4.99 Å². The maximum absolute atomic E-state index is 6.75. The van der Waals surface area contributed by atoms with Crippen molar-refractivity contribution in [3.63, 3.8) is 0 Å². The van der Waals surface area contributed by atoms with E-state index in [4.69, 9.17) is 10.7 Å². The Balaban J connectivity index is 1.10. The van der Waals surface area contributed by atoms with Gasteiger partial charge < -0.3 is 10.7 Å². The molecule has 168 valence electrons. The number of rotatable bonds is 3. The lowest BCUT2D eigenvalue weighted by Crippen LogP contribution is -2.49. The van der Waals surface area contributed by atoms with Crippen molar-refractivity contribution in [2.75, 3.05) is 0 Å². The Kier molecular flexibility index (Phi) is 3.62. The van der Waals surface area contributed by atoms with Gasteiger partial charge in [-0.25, -0.2) is 0 Å². The first-order valence-electron chi connectivity index (χ1n) is 13.5. The van der Waals surface area contributed by atoms with Crippen molar-refractivity contribution in [3.05, 3.63) is 41.4 Å². The molecule has 0 saturated heterocycles. The van der Waals surface area contributed by atoms with Gasteiger partial charge in [-0.05, 0) is 137 Å². The van der Waals surface area contributed by atoms with Gasteiger partial charge in [0.15, 0.2) is 0 Å². The first-order valence-corrected chi connectivity index (χ1v) is 13.5. The molecule has 8 saturated carbocycles. The highest BCUT2D eigenvalue weighted by Crippen LogP contribution is 2.62. The topological polar surface area (TPSA) is 54.2 Å². The van der Waals surface area contributed by atoms with Gasteiger partial charge in [-0.15, -0.1) is 0 Å². The Bertz CT molecular complexity index is 995. The predicted octanol–water partition coefficient (Wildman–Crippen LogP) is 6.34. The monoisotopic (exact) mass is 427 g/mol. The second kappa shape index (κ2) is 6.21. The molecule has 0 aromatic carbocycles. The molecule has 0 amide bonds. The van der Waals surface area contributed by atoms with Crippen molar-refractivity contribution in [2.24, 2.45) is 51.6 Å². The molecule has 0 unspecified atom stereocenters. The van der Waals surface area contributed by atoms with Crippen molar-refractivity contribution in [1.29, 1.82) is 0 Å². The third kappa shape index (κ3) is 2.57. The van der Waals surface area contributed by atoms with Crippen molar-refractivity contribution in [3.8, 4) is 0 Å². The smallest absolute Gasteiger partial charge is 0.0884 e. The first-order chi connectivity index (χ1) is 15.6. The summed E-state index contributed by atoms with van der Waals surface area (Å²) < 4.78 is 0. The summed E-state index contributed by atoms with van der Waals surface area (Å²) in [4.78, 5) is 9.01. The van der Waals surface area contributed by atoms with E-state index >= 15 is 0 Å². The van der Waals surface area contributed by atoms with E-state index in [0.717, 1.165) is 52.6 Å². The highest BCUT2D eigenvalue weighted by Gasteiger charge is 2.54. The molecule has 8 fully saturated rings. The summed E-state index contributed by atoms with van der Waals surface area (Å²) in [7, 11) is 0. The molecule has 10 rings (SSSR count). The molecule has 0 spiro atoms. The molecule has 8 aliphatic carbocycles. The summed E-state index contributed by atoms with van der Waals surface area (Å²) in [5.41, 5.74) is 13.2. The predicted molar refractivity (Wildman–Crippen MR) is 129 cm³/mol. The third-order valence-corrected chi connectivity index (χ3v) is 11.1. The lowest BCUT2D eigenvalue weighted by atomic mass is 9.48. The summed E-state index contributed by atoms with van der Waals surface area (Å²) in [5.74, 6) is 5.76. The van der Waals surface area contributed by atoms with Crippen LogP contribution in [0.25, 0.3) is 5.70 Å². The van der Waals surface area contributed by atoms with Gasteiger partial charge in [0.2, 0.25) is 0 Å². The second-order valence-corrected chi connectivity index (χ2v) is 13.3. The minimum Gasteiger partial charge on any atom is -0.395 e. The second-order valence-electron chi connectivity index (χ2n) is 13.3. The van der Waals surface area contributed by atoms with Crippen molar-refractivity contribution in [1.82, 2.24) is 4.98 Å². The van der Waals surface area contributed by atoms with Gasteiger partial charge in [0.1, 0.15) is 0 Å². The fourth-order valence-corrected chi connectivity index (χ4v) is 10.7. The van der Waals surface area contributed by atoms with Crippen LogP contribution in [0.2, 0.25) is 0 Å². The van der Waals surface area contributed by atoms with Crippen LogP contribution in [0.3, 0.4) is 0 Å². The zero-order valence-corrected chi connectivity index (χ0v) is 19.3. The first kappa shape index (κ1) is 18.6. The summed E-state index contributed by atoms with van der Waals surface area (Å²) in [6, 6.07) is 4.60. The molecule has 3 heteroatoms. The number of nitrogens with one attached hydrogen (secondary N) is 1. The van der Waals surface area contributed by atoms with Gasteiger partial charge in [0, 0.05) is 22.2 Å². The average Bonchev–Trinajstić information content (AvgIpc) is 3.43. The lowest BCUT2D eigenvalue weighted by molar-refractivity contribution is -0.0117. The minimum atomic E-state index is 0.355. The fourth-order valence-electron chi connectivity index (χ4n) is 10.7. The fraction of sp³-hybridized carbons (Fsp3) is 0.690. The summed E-state index contributed by atoms with van der Waals surface area (Å²) >= 11 is 0. The number of nitrogens with two attached hydrogens (primary N) is 1. The highest BCUT2D eigenvalue weighted by atomic mass is 14.9. The Morgan fingerprint density at radius 1 is 0.719 bits per heavy atom. The normalized spacial score (nSPS) is 49.2. The molecule has 9 aliphatic rings. The van der Waals surface area contributed by atoms with Crippen LogP contribution in [0.5, 0.6) is 0 Å². The van der Waals surface area contributed by atoms with Crippen LogP contribution < -0.4 is 5.73 Å². The highest BCUT2D eigenvalue weighted by molar-refractivity contribution is 6.04. The van der Waals surface area contributed by atoms with E-state index in [-0.39, 0.29) is 0 Å². The molecule has 32 heavy (non-hydrogen) atoms. The van der Waals surface area contributed by atoms with Crippen molar-refractivity contribution in [2.45, 2.75) is 82.5 Å². The summed E-state index contributed by atoms with van der Waals surface area (Å²) in [6.07, 6.45) is 21.7. The molecular weight excluding hydrogens is 390 g/mol. The average molecular weight is 428 g/mol. The molecule has 8 bridgehead atoms. The van der Waals surface area contributed by atoms with Crippen LogP contribution >= 0.6 is 0 Å². The van der Waals surface area contributed by atoms with E-state index in [2.05, 4.69) is 29.3 Å². The van der Waals surface area contributed by atoms with Gasteiger partial charge >= 0.3 is 0 Å². The standard InChI is InChI=1S/C29H37N3/c30-27(23-1-3-25(31-23)28-11-17-5-18(12-28)7-19(6-17)13-28)24-2-4-26(32-24)29-14-20-8-21(15-29)10-22(9-20)16-29/h1-4,17-22,31H,5-16,30H2/b27-24+. The minimum absolute atomic E-state index is 0.355. The zero-order chi connectivity index (χ0) is 21.1. The molecule has 1 aromatic rings. The summed E-state index contributed by atoms with van der Waals surface area (Å²) in [6.45, 7) is 0. The number of hydrogen-bond donors (Lipinski definition) is 2. The van der Waals surface area contributed by atoms with Crippen molar-refractivity contribution < 1.29 is 0 Å². The number of hydrogen-bond acceptors (Lipinski definition) is 2.